The molecular weight excluding hydrogens is 439 g/mol. The zero-order valence-electron chi connectivity index (χ0n) is 16.9. The SMILES string of the molecule is Cc1nn(-c2ccc(F)cc2)c(Cl)c1/C=C/C(=O)NNC(=O)c1ccc2c(c1)OCCO2. The van der Waals surface area contributed by atoms with Crippen molar-refractivity contribution in [3.05, 3.63) is 76.3 Å². The molecule has 0 unspecified atom stereocenters. The molecule has 2 N–H and O–H groups in total. The molecule has 0 bridgehead atoms. The maximum atomic E-state index is 13.1. The molecule has 0 saturated carbocycles. The summed E-state index contributed by atoms with van der Waals surface area (Å²) in [7, 11) is 0. The van der Waals surface area contributed by atoms with Gasteiger partial charge in [-0.3, -0.25) is 20.4 Å². The lowest BCUT2D eigenvalue weighted by Gasteiger charge is -2.18. The fourth-order valence-corrected chi connectivity index (χ4v) is 3.36. The van der Waals surface area contributed by atoms with Crippen LogP contribution in [-0.4, -0.2) is 34.8 Å². The second-order valence-electron chi connectivity index (χ2n) is 6.81. The molecule has 8 nitrogen and oxygen atoms in total. The number of hydrogen-bond acceptors (Lipinski definition) is 5. The quantitative estimate of drug-likeness (QED) is 0.464. The van der Waals surface area contributed by atoms with E-state index < -0.39 is 11.8 Å². The molecule has 1 aliphatic rings. The summed E-state index contributed by atoms with van der Waals surface area (Å²) >= 11 is 6.38. The normalized spacial score (nSPS) is 12.6. The maximum absolute atomic E-state index is 13.1. The van der Waals surface area contributed by atoms with Crippen LogP contribution in [-0.2, 0) is 4.79 Å². The highest BCUT2D eigenvalue weighted by Gasteiger charge is 2.16. The van der Waals surface area contributed by atoms with Crippen LogP contribution in [0.2, 0.25) is 5.15 Å². The number of ether oxygens (including phenoxy) is 2. The molecule has 2 aromatic carbocycles. The molecule has 32 heavy (non-hydrogen) atoms. The van der Waals surface area contributed by atoms with Gasteiger partial charge in [0.15, 0.2) is 11.5 Å². The van der Waals surface area contributed by atoms with Crippen molar-refractivity contribution in [2.45, 2.75) is 6.92 Å². The minimum atomic E-state index is -0.569. The van der Waals surface area contributed by atoms with Crippen LogP contribution in [0.15, 0.2) is 48.5 Å². The molecule has 3 aromatic rings. The van der Waals surface area contributed by atoms with Gasteiger partial charge in [-0.25, -0.2) is 9.07 Å². The Hall–Kier alpha value is -3.85. The molecule has 0 radical (unpaired) electrons. The van der Waals surface area contributed by atoms with Crippen molar-refractivity contribution in [2.75, 3.05) is 13.2 Å². The standard InChI is InChI=1S/C22H18ClFN4O4/c1-13-17(21(23)28(27-13)16-5-3-15(24)4-6-16)7-9-20(29)25-26-22(30)14-2-8-18-19(12-14)32-11-10-31-18/h2-9,12H,10-11H2,1H3,(H,25,29)(H,26,30)/b9-7+. The largest absolute Gasteiger partial charge is 0.486 e. The van der Waals surface area contributed by atoms with Gasteiger partial charge in [-0.1, -0.05) is 11.6 Å². The lowest BCUT2D eigenvalue weighted by molar-refractivity contribution is -0.117. The Labute approximate surface area is 187 Å². The van der Waals surface area contributed by atoms with Crippen LogP contribution in [0.25, 0.3) is 11.8 Å². The lowest BCUT2D eigenvalue weighted by Crippen LogP contribution is -2.40. The number of carbonyl (C=O) groups excluding carboxylic acids is 2. The third-order valence-corrected chi connectivity index (χ3v) is 4.99. The van der Waals surface area contributed by atoms with Gasteiger partial charge in [-0.05, 0) is 55.5 Å². The summed E-state index contributed by atoms with van der Waals surface area (Å²) in [5.74, 6) is -0.418. The smallest absolute Gasteiger partial charge is 0.269 e. The van der Waals surface area contributed by atoms with Crippen LogP contribution in [0.1, 0.15) is 21.6 Å². The second kappa shape index (κ2) is 9.11. The molecule has 1 aliphatic heterocycles. The number of nitrogens with one attached hydrogen (secondary N) is 2. The zero-order chi connectivity index (χ0) is 22.7. The maximum Gasteiger partial charge on any atom is 0.269 e. The Morgan fingerprint density at radius 3 is 2.56 bits per heavy atom. The highest BCUT2D eigenvalue weighted by molar-refractivity contribution is 6.31. The number of halogens is 2. The molecule has 0 spiro atoms. The van der Waals surface area contributed by atoms with Gasteiger partial charge in [0.05, 0.1) is 11.4 Å². The first-order valence-electron chi connectivity index (χ1n) is 9.61. The lowest BCUT2D eigenvalue weighted by atomic mass is 10.2. The Bertz CT molecular complexity index is 1210. The third-order valence-electron chi connectivity index (χ3n) is 4.62. The molecule has 2 heterocycles. The van der Waals surface area contributed by atoms with Gasteiger partial charge in [-0.2, -0.15) is 5.10 Å². The van der Waals surface area contributed by atoms with Crippen LogP contribution in [0, 0.1) is 12.7 Å². The Balaban J connectivity index is 1.39. The summed E-state index contributed by atoms with van der Waals surface area (Å²) in [6.07, 6.45) is 2.70. The monoisotopic (exact) mass is 456 g/mol. The molecule has 0 atom stereocenters. The number of aryl methyl sites for hydroxylation is 1. The molecular formula is C22H18ClFN4O4. The summed E-state index contributed by atoms with van der Waals surface area (Å²) in [6.45, 7) is 2.58. The average molecular weight is 457 g/mol. The highest BCUT2D eigenvalue weighted by atomic mass is 35.5. The van der Waals surface area contributed by atoms with E-state index in [9.17, 15) is 14.0 Å². The van der Waals surface area contributed by atoms with E-state index in [1.54, 1.807) is 37.3 Å². The molecule has 164 valence electrons. The van der Waals surface area contributed by atoms with Gasteiger partial charge in [-0.15, -0.1) is 0 Å². The summed E-state index contributed by atoms with van der Waals surface area (Å²) in [6, 6.07) is 10.4. The first-order chi connectivity index (χ1) is 15.4. The number of hydrazine groups is 1. The van der Waals surface area contributed by atoms with Crippen molar-refractivity contribution in [3.63, 3.8) is 0 Å². The first-order valence-corrected chi connectivity index (χ1v) is 9.99. The van der Waals surface area contributed by atoms with Crippen molar-refractivity contribution in [2.24, 2.45) is 0 Å². The van der Waals surface area contributed by atoms with Crippen LogP contribution in [0.5, 0.6) is 11.5 Å². The fourth-order valence-electron chi connectivity index (χ4n) is 3.03. The van der Waals surface area contributed by atoms with E-state index in [1.807, 2.05) is 0 Å². The summed E-state index contributed by atoms with van der Waals surface area (Å²) < 4.78 is 25.5. The molecule has 0 saturated heterocycles. The molecule has 1 aromatic heterocycles. The number of amides is 2. The number of fused-ring (bicyclic) bond motifs is 1. The number of rotatable bonds is 4. The van der Waals surface area contributed by atoms with Gasteiger partial charge in [0.2, 0.25) is 0 Å². The van der Waals surface area contributed by atoms with Crippen LogP contribution >= 0.6 is 11.6 Å². The third kappa shape index (κ3) is 4.57. The van der Waals surface area contributed by atoms with Crippen molar-refractivity contribution >= 4 is 29.5 Å². The van der Waals surface area contributed by atoms with Crippen molar-refractivity contribution in [1.82, 2.24) is 20.6 Å². The van der Waals surface area contributed by atoms with Crippen molar-refractivity contribution < 1.29 is 23.5 Å². The first kappa shape index (κ1) is 21.4. The molecule has 10 heteroatoms. The predicted octanol–water partition coefficient (Wildman–Crippen LogP) is 3.22. The van der Waals surface area contributed by atoms with E-state index in [0.29, 0.717) is 47.2 Å². The fraction of sp³-hybridized carbons (Fsp3) is 0.136. The van der Waals surface area contributed by atoms with E-state index in [-0.39, 0.29) is 11.0 Å². The minimum absolute atomic E-state index is 0.262. The van der Waals surface area contributed by atoms with Crippen LogP contribution < -0.4 is 20.3 Å². The van der Waals surface area contributed by atoms with Gasteiger partial charge in [0.25, 0.3) is 11.8 Å². The van der Waals surface area contributed by atoms with Crippen molar-refractivity contribution in [3.8, 4) is 17.2 Å². The zero-order valence-corrected chi connectivity index (χ0v) is 17.6. The van der Waals surface area contributed by atoms with E-state index in [4.69, 9.17) is 21.1 Å². The van der Waals surface area contributed by atoms with Gasteiger partial charge >= 0.3 is 0 Å². The Morgan fingerprint density at radius 2 is 1.81 bits per heavy atom. The second-order valence-corrected chi connectivity index (χ2v) is 7.17. The molecule has 2 amide bonds. The van der Waals surface area contributed by atoms with Crippen LogP contribution in [0.3, 0.4) is 0 Å². The van der Waals surface area contributed by atoms with Crippen LogP contribution in [0.4, 0.5) is 4.39 Å². The summed E-state index contributed by atoms with van der Waals surface area (Å²) in [5.41, 5.74) is 6.61. The topological polar surface area (TPSA) is 94.5 Å². The highest BCUT2D eigenvalue weighted by Crippen LogP contribution is 2.30. The summed E-state index contributed by atoms with van der Waals surface area (Å²) in [5, 5.41) is 4.59. The van der Waals surface area contributed by atoms with E-state index >= 15 is 0 Å². The average Bonchev–Trinajstić information content (AvgIpc) is 3.09. The minimum Gasteiger partial charge on any atom is -0.486 e. The Morgan fingerprint density at radius 1 is 1.09 bits per heavy atom. The number of nitrogens with zero attached hydrogens (tertiary/aromatic N) is 2. The van der Waals surface area contributed by atoms with Gasteiger partial charge < -0.3 is 9.47 Å². The van der Waals surface area contributed by atoms with Gasteiger partial charge in [0, 0.05) is 17.2 Å². The van der Waals surface area contributed by atoms with Crippen molar-refractivity contribution in [1.29, 1.82) is 0 Å². The number of hydrogen-bond donors (Lipinski definition) is 2. The van der Waals surface area contributed by atoms with E-state index in [1.165, 1.54) is 29.0 Å². The predicted molar refractivity (Wildman–Crippen MR) is 115 cm³/mol. The summed E-state index contributed by atoms with van der Waals surface area (Å²) in [4.78, 5) is 24.4. The van der Waals surface area contributed by atoms with E-state index in [2.05, 4.69) is 16.0 Å². The number of carbonyl (C=O) groups is 2. The molecule has 0 aliphatic carbocycles. The molecule has 4 rings (SSSR count). The Kier molecular flexibility index (Phi) is 6.09. The van der Waals surface area contributed by atoms with Gasteiger partial charge in [0.1, 0.15) is 24.2 Å². The number of benzene rings is 2. The van der Waals surface area contributed by atoms with E-state index in [0.717, 1.165) is 0 Å². The number of aromatic nitrogens is 2. The molecule has 0 fully saturated rings.